The highest BCUT2D eigenvalue weighted by molar-refractivity contribution is 6.30. The summed E-state index contributed by atoms with van der Waals surface area (Å²) in [4.78, 5) is 3.78. The largest absolute Gasteiger partial charge is 0.457 e. The Morgan fingerprint density at radius 2 is 1.76 bits per heavy atom. The Kier molecular flexibility index (Phi) is 4.67. The summed E-state index contributed by atoms with van der Waals surface area (Å²) in [6.45, 7) is 1.62. The molecule has 0 amide bonds. The lowest BCUT2D eigenvalue weighted by atomic mass is 10.0. The van der Waals surface area contributed by atoms with Crippen LogP contribution in [0.5, 0.6) is 11.5 Å². The van der Waals surface area contributed by atoms with E-state index in [0.717, 1.165) is 6.07 Å². The van der Waals surface area contributed by atoms with Crippen LogP contribution in [0.25, 0.3) is 0 Å². The number of alkyl halides is 3. The summed E-state index contributed by atoms with van der Waals surface area (Å²) in [5, 5.41) is 4.42. The molecule has 1 heterocycles. The maximum absolute atomic E-state index is 13.5. The number of hydrogen-bond acceptors (Lipinski definition) is 3. The predicted octanol–water partition coefficient (Wildman–Crippen LogP) is 5.35. The van der Waals surface area contributed by atoms with Crippen LogP contribution in [-0.2, 0) is 6.18 Å². The molecule has 0 saturated heterocycles. The Bertz CT molecular complexity index is 849. The Morgan fingerprint density at radius 3 is 2.36 bits per heavy atom. The van der Waals surface area contributed by atoms with Gasteiger partial charge in [0.25, 0.3) is 0 Å². The van der Waals surface area contributed by atoms with Crippen molar-refractivity contribution >= 4 is 11.6 Å². The van der Waals surface area contributed by atoms with E-state index in [9.17, 15) is 13.2 Å². The topological polar surface area (TPSA) is 39.9 Å². The van der Waals surface area contributed by atoms with Crippen LogP contribution < -0.4 is 4.74 Å². The molecule has 0 radical (unpaired) electrons. The Morgan fingerprint density at radius 1 is 1.08 bits per heavy atom. The van der Waals surface area contributed by atoms with Crippen LogP contribution in [0.15, 0.2) is 55.1 Å². The summed E-state index contributed by atoms with van der Waals surface area (Å²) >= 11 is 5.79. The van der Waals surface area contributed by atoms with Crippen LogP contribution in [0.2, 0.25) is 5.02 Å². The third-order valence-electron chi connectivity index (χ3n) is 3.66. The van der Waals surface area contributed by atoms with Crippen LogP contribution in [0.3, 0.4) is 0 Å². The van der Waals surface area contributed by atoms with Gasteiger partial charge in [0.05, 0.1) is 11.6 Å². The maximum Gasteiger partial charge on any atom is 0.416 e. The fourth-order valence-electron chi connectivity index (χ4n) is 2.41. The average Bonchev–Trinajstić information content (AvgIpc) is 3.10. The van der Waals surface area contributed by atoms with Gasteiger partial charge in [0.2, 0.25) is 0 Å². The first-order valence-corrected chi connectivity index (χ1v) is 7.71. The van der Waals surface area contributed by atoms with E-state index in [1.54, 1.807) is 31.2 Å². The highest BCUT2D eigenvalue weighted by Crippen LogP contribution is 2.38. The Hall–Kier alpha value is -2.54. The smallest absolute Gasteiger partial charge is 0.416 e. The number of rotatable bonds is 4. The van der Waals surface area contributed by atoms with E-state index in [4.69, 9.17) is 16.3 Å². The number of aromatic nitrogens is 3. The number of hydrogen-bond donors (Lipinski definition) is 0. The average molecular weight is 368 g/mol. The molecule has 0 unspecified atom stereocenters. The lowest BCUT2D eigenvalue weighted by Gasteiger charge is -2.19. The Labute approximate surface area is 146 Å². The second-order valence-corrected chi connectivity index (χ2v) is 5.79. The second kappa shape index (κ2) is 6.76. The minimum Gasteiger partial charge on any atom is -0.457 e. The standard InChI is InChI=1S/C17H13ClF3N3O/c1-11(24-10-22-9-23-24)15-7-6-14(8-16(15)17(19,20)21)25-13-4-2-12(18)3-5-13/h2-11H,1H3/t11-/m0/s1. The molecule has 0 saturated carbocycles. The van der Waals surface area contributed by atoms with Crippen molar-refractivity contribution in [3.63, 3.8) is 0 Å². The van der Waals surface area contributed by atoms with Gasteiger partial charge in [0.1, 0.15) is 24.2 Å². The maximum atomic E-state index is 13.5. The minimum atomic E-state index is -4.52. The second-order valence-electron chi connectivity index (χ2n) is 5.35. The quantitative estimate of drug-likeness (QED) is 0.624. The highest BCUT2D eigenvalue weighted by Gasteiger charge is 2.35. The molecule has 25 heavy (non-hydrogen) atoms. The molecule has 0 spiro atoms. The molecule has 0 fully saturated rings. The van der Waals surface area contributed by atoms with Crippen LogP contribution in [-0.4, -0.2) is 14.8 Å². The SMILES string of the molecule is C[C@@H](c1ccc(Oc2ccc(Cl)cc2)cc1C(F)(F)F)n1cncn1. The summed E-state index contributed by atoms with van der Waals surface area (Å²) in [6, 6.07) is 9.61. The molecule has 1 aromatic heterocycles. The molecule has 2 aromatic carbocycles. The molecule has 8 heteroatoms. The van der Waals surface area contributed by atoms with Gasteiger partial charge in [0, 0.05) is 5.02 Å². The zero-order valence-corrected chi connectivity index (χ0v) is 13.8. The summed E-state index contributed by atoms with van der Waals surface area (Å²) in [5.74, 6) is 0.485. The third-order valence-corrected chi connectivity index (χ3v) is 3.91. The van der Waals surface area contributed by atoms with Crippen LogP contribution in [0.1, 0.15) is 24.1 Å². The van der Waals surface area contributed by atoms with Gasteiger partial charge in [-0.05, 0) is 48.9 Å². The van der Waals surface area contributed by atoms with Gasteiger partial charge in [-0.1, -0.05) is 17.7 Å². The van der Waals surface area contributed by atoms with Crippen molar-refractivity contribution < 1.29 is 17.9 Å². The summed E-state index contributed by atoms with van der Waals surface area (Å²) < 4.78 is 47.4. The minimum absolute atomic E-state index is 0.0847. The zero-order valence-electron chi connectivity index (χ0n) is 13.0. The molecule has 0 bridgehead atoms. The first-order chi connectivity index (χ1) is 11.8. The van der Waals surface area contributed by atoms with Crippen LogP contribution in [0.4, 0.5) is 13.2 Å². The van der Waals surface area contributed by atoms with Gasteiger partial charge in [-0.25, -0.2) is 9.67 Å². The van der Waals surface area contributed by atoms with Gasteiger partial charge in [-0.15, -0.1) is 0 Å². The summed E-state index contributed by atoms with van der Waals surface area (Å²) in [7, 11) is 0. The van der Waals surface area contributed by atoms with Crippen molar-refractivity contribution in [2.45, 2.75) is 19.1 Å². The molecular formula is C17H13ClF3N3O. The number of benzene rings is 2. The van der Waals surface area contributed by atoms with E-state index in [0.29, 0.717) is 10.8 Å². The molecule has 3 rings (SSSR count). The highest BCUT2D eigenvalue weighted by atomic mass is 35.5. The van der Waals surface area contributed by atoms with Crippen molar-refractivity contribution in [1.82, 2.24) is 14.8 Å². The number of ether oxygens (including phenoxy) is 1. The molecular weight excluding hydrogens is 355 g/mol. The molecule has 1 atom stereocenters. The molecule has 0 N–H and O–H groups in total. The predicted molar refractivity (Wildman–Crippen MR) is 86.8 cm³/mol. The third kappa shape index (κ3) is 3.93. The van der Waals surface area contributed by atoms with E-state index in [1.807, 2.05) is 0 Å². The van der Waals surface area contributed by atoms with E-state index < -0.39 is 17.8 Å². The number of halogens is 4. The fraction of sp³-hybridized carbons (Fsp3) is 0.176. The van der Waals surface area contributed by atoms with Gasteiger partial charge in [0.15, 0.2) is 0 Å². The Balaban J connectivity index is 1.96. The molecule has 3 aromatic rings. The fourth-order valence-corrected chi connectivity index (χ4v) is 2.53. The first kappa shape index (κ1) is 17.3. The van der Waals surface area contributed by atoms with E-state index >= 15 is 0 Å². The van der Waals surface area contributed by atoms with Gasteiger partial charge in [-0.3, -0.25) is 0 Å². The summed E-state index contributed by atoms with van der Waals surface area (Å²) in [5.41, 5.74) is -0.691. The van der Waals surface area contributed by atoms with Crippen molar-refractivity contribution in [3.05, 3.63) is 71.3 Å². The summed E-state index contributed by atoms with van der Waals surface area (Å²) in [6.07, 6.45) is -1.87. The van der Waals surface area contributed by atoms with Crippen molar-refractivity contribution in [1.29, 1.82) is 0 Å². The van der Waals surface area contributed by atoms with Gasteiger partial charge >= 0.3 is 6.18 Å². The van der Waals surface area contributed by atoms with Gasteiger partial charge in [-0.2, -0.15) is 18.3 Å². The molecule has 0 aliphatic heterocycles. The van der Waals surface area contributed by atoms with Crippen LogP contribution in [0, 0.1) is 0 Å². The van der Waals surface area contributed by atoms with Crippen molar-refractivity contribution in [2.75, 3.05) is 0 Å². The molecule has 130 valence electrons. The van der Waals surface area contributed by atoms with Crippen molar-refractivity contribution in [3.8, 4) is 11.5 Å². The van der Waals surface area contributed by atoms with Crippen LogP contribution >= 0.6 is 11.6 Å². The van der Waals surface area contributed by atoms with E-state index in [1.165, 1.54) is 29.5 Å². The molecule has 4 nitrogen and oxygen atoms in total. The zero-order chi connectivity index (χ0) is 18.0. The molecule has 0 aliphatic rings. The lowest BCUT2D eigenvalue weighted by molar-refractivity contribution is -0.138. The monoisotopic (exact) mass is 367 g/mol. The first-order valence-electron chi connectivity index (χ1n) is 7.33. The number of nitrogens with zero attached hydrogens (tertiary/aromatic N) is 3. The molecule has 0 aliphatic carbocycles. The normalized spacial score (nSPS) is 12.8. The lowest BCUT2D eigenvalue weighted by Crippen LogP contribution is -2.15. The van der Waals surface area contributed by atoms with E-state index in [2.05, 4.69) is 10.1 Å². The van der Waals surface area contributed by atoms with Gasteiger partial charge < -0.3 is 4.74 Å². The van der Waals surface area contributed by atoms with E-state index in [-0.39, 0.29) is 11.3 Å². The van der Waals surface area contributed by atoms with Crippen molar-refractivity contribution in [2.24, 2.45) is 0 Å².